The number of nitrogens with one attached hydrogen (secondary N) is 1. The first-order valence-corrected chi connectivity index (χ1v) is 7.10. The second-order valence-electron chi connectivity index (χ2n) is 4.07. The molecule has 0 fully saturated rings. The summed E-state index contributed by atoms with van der Waals surface area (Å²) < 4.78 is 13.0. The van der Waals surface area contributed by atoms with E-state index < -0.39 is 0 Å². The Balaban J connectivity index is 1.86. The van der Waals surface area contributed by atoms with Crippen molar-refractivity contribution >= 4 is 22.9 Å². The topological polar surface area (TPSA) is 12.0 Å². The molecule has 0 radical (unpaired) electrons. The largest absolute Gasteiger partial charge is 0.308 e. The van der Waals surface area contributed by atoms with E-state index in [9.17, 15) is 4.39 Å². The monoisotopic (exact) mass is 283 g/mol. The highest BCUT2D eigenvalue weighted by Gasteiger charge is 2.02. The first kappa shape index (κ1) is 13.5. The summed E-state index contributed by atoms with van der Waals surface area (Å²) in [6, 6.07) is 9.13. The summed E-state index contributed by atoms with van der Waals surface area (Å²) >= 11 is 7.56. The molecule has 1 nitrogen and oxygen atoms in total. The molecule has 0 atom stereocenters. The SMILES string of the molecule is CCc1ccc(CNCc2ccc(F)c(Cl)c2)s1. The van der Waals surface area contributed by atoms with E-state index in [1.165, 1.54) is 15.8 Å². The Labute approximate surface area is 116 Å². The Bertz CT molecular complexity index is 524. The molecule has 1 aromatic carbocycles. The summed E-state index contributed by atoms with van der Waals surface area (Å²) in [5.41, 5.74) is 0.994. The van der Waals surface area contributed by atoms with Gasteiger partial charge >= 0.3 is 0 Å². The van der Waals surface area contributed by atoms with Gasteiger partial charge in [0.15, 0.2) is 0 Å². The lowest BCUT2D eigenvalue weighted by molar-refractivity contribution is 0.625. The van der Waals surface area contributed by atoms with Crippen LogP contribution in [-0.4, -0.2) is 0 Å². The van der Waals surface area contributed by atoms with E-state index in [-0.39, 0.29) is 10.8 Å². The average Bonchev–Trinajstić information content (AvgIpc) is 2.82. The summed E-state index contributed by atoms with van der Waals surface area (Å²) in [6.45, 7) is 3.68. The number of hydrogen-bond donors (Lipinski definition) is 1. The maximum Gasteiger partial charge on any atom is 0.141 e. The van der Waals surface area contributed by atoms with Crippen LogP contribution in [0.1, 0.15) is 22.2 Å². The summed E-state index contributed by atoms with van der Waals surface area (Å²) in [7, 11) is 0. The molecule has 0 saturated heterocycles. The molecule has 0 spiro atoms. The van der Waals surface area contributed by atoms with Gasteiger partial charge in [-0.1, -0.05) is 24.6 Å². The molecule has 0 unspecified atom stereocenters. The molecule has 0 amide bonds. The highest BCUT2D eigenvalue weighted by molar-refractivity contribution is 7.11. The third-order valence-corrected chi connectivity index (χ3v) is 4.20. The number of thiophene rings is 1. The number of benzene rings is 1. The van der Waals surface area contributed by atoms with E-state index in [4.69, 9.17) is 11.6 Å². The fourth-order valence-electron chi connectivity index (χ4n) is 1.69. The van der Waals surface area contributed by atoms with Crippen molar-refractivity contribution in [2.24, 2.45) is 0 Å². The molecule has 0 aliphatic rings. The minimum atomic E-state index is -0.369. The molecular weight excluding hydrogens is 269 g/mol. The molecule has 18 heavy (non-hydrogen) atoms. The predicted molar refractivity (Wildman–Crippen MR) is 75.7 cm³/mol. The molecule has 0 saturated carbocycles. The third-order valence-electron chi connectivity index (χ3n) is 2.68. The average molecular weight is 284 g/mol. The van der Waals surface area contributed by atoms with Gasteiger partial charge in [-0.25, -0.2) is 4.39 Å². The Morgan fingerprint density at radius 2 is 1.94 bits per heavy atom. The van der Waals surface area contributed by atoms with E-state index in [2.05, 4.69) is 24.4 Å². The quantitative estimate of drug-likeness (QED) is 0.858. The van der Waals surface area contributed by atoms with E-state index in [0.717, 1.165) is 18.5 Å². The zero-order valence-corrected chi connectivity index (χ0v) is 11.7. The van der Waals surface area contributed by atoms with Crippen LogP contribution in [0.15, 0.2) is 30.3 Å². The maximum atomic E-state index is 13.0. The molecule has 1 aromatic heterocycles. The van der Waals surface area contributed by atoms with Gasteiger partial charge < -0.3 is 5.32 Å². The van der Waals surface area contributed by atoms with Crippen molar-refractivity contribution in [1.29, 1.82) is 0 Å². The van der Waals surface area contributed by atoms with Crippen LogP contribution < -0.4 is 5.32 Å². The number of rotatable bonds is 5. The molecule has 2 rings (SSSR count). The number of aryl methyl sites for hydroxylation is 1. The Kier molecular flexibility index (Phi) is 4.75. The van der Waals surface area contributed by atoms with Crippen molar-refractivity contribution in [1.82, 2.24) is 5.32 Å². The van der Waals surface area contributed by atoms with Gasteiger partial charge in [-0.2, -0.15) is 0 Å². The number of hydrogen-bond acceptors (Lipinski definition) is 2. The summed E-state index contributed by atoms with van der Waals surface area (Å²) in [5, 5.41) is 3.51. The minimum absolute atomic E-state index is 0.179. The van der Waals surface area contributed by atoms with Crippen LogP contribution in [0.4, 0.5) is 4.39 Å². The molecule has 96 valence electrons. The Morgan fingerprint density at radius 1 is 1.17 bits per heavy atom. The van der Waals surface area contributed by atoms with Gasteiger partial charge in [-0.3, -0.25) is 0 Å². The van der Waals surface area contributed by atoms with Crippen molar-refractivity contribution in [2.45, 2.75) is 26.4 Å². The van der Waals surface area contributed by atoms with Gasteiger partial charge in [0.1, 0.15) is 5.82 Å². The standard InChI is InChI=1S/C14H15ClFNS/c1-2-11-4-5-12(18-11)9-17-8-10-3-6-14(16)13(15)7-10/h3-7,17H,2,8-9H2,1H3. The van der Waals surface area contributed by atoms with E-state index in [1.54, 1.807) is 12.1 Å². The second-order valence-corrected chi connectivity index (χ2v) is 5.73. The third kappa shape index (κ3) is 3.55. The van der Waals surface area contributed by atoms with Crippen LogP contribution in [0.5, 0.6) is 0 Å². The molecule has 0 bridgehead atoms. The molecular formula is C14H15ClFNS. The molecule has 1 N–H and O–H groups in total. The lowest BCUT2D eigenvalue weighted by Crippen LogP contribution is -2.11. The smallest absolute Gasteiger partial charge is 0.141 e. The van der Waals surface area contributed by atoms with Crippen molar-refractivity contribution in [3.05, 3.63) is 56.5 Å². The van der Waals surface area contributed by atoms with Gasteiger partial charge in [-0.05, 0) is 36.2 Å². The summed E-state index contributed by atoms with van der Waals surface area (Å²) in [6.07, 6.45) is 1.08. The Hall–Kier alpha value is -0.900. The molecule has 2 aromatic rings. The fraction of sp³-hybridized carbons (Fsp3) is 0.286. The maximum absolute atomic E-state index is 13.0. The van der Waals surface area contributed by atoms with Crippen LogP contribution in [-0.2, 0) is 19.5 Å². The van der Waals surface area contributed by atoms with Crippen LogP contribution in [0, 0.1) is 5.82 Å². The first-order valence-electron chi connectivity index (χ1n) is 5.91. The minimum Gasteiger partial charge on any atom is -0.308 e. The summed E-state index contributed by atoms with van der Waals surface area (Å²) in [4.78, 5) is 2.72. The van der Waals surface area contributed by atoms with Crippen LogP contribution in [0.2, 0.25) is 5.02 Å². The van der Waals surface area contributed by atoms with Crippen molar-refractivity contribution < 1.29 is 4.39 Å². The van der Waals surface area contributed by atoms with Gasteiger partial charge in [0, 0.05) is 22.8 Å². The highest BCUT2D eigenvalue weighted by Crippen LogP contribution is 2.18. The normalized spacial score (nSPS) is 10.8. The second kappa shape index (κ2) is 6.32. The fourth-order valence-corrected chi connectivity index (χ4v) is 2.82. The van der Waals surface area contributed by atoms with Crippen LogP contribution >= 0.6 is 22.9 Å². The van der Waals surface area contributed by atoms with Gasteiger partial charge in [0.25, 0.3) is 0 Å². The zero-order chi connectivity index (χ0) is 13.0. The molecule has 0 aliphatic heterocycles. The zero-order valence-electron chi connectivity index (χ0n) is 10.2. The van der Waals surface area contributed by atoms with E-state index in [0.29, 0.717) is 6.54 Å². The van der Waals surface area contributed by atoms with Crippen LogP contribution in [0.25, 0.3) is 0 Å². The van der Waals surface area contributed by atoms with Gasteiger partial charge in [-0.15, -0.1) is 11.3 Å². The predicted octanol–water partition coefficient (Wildman–Crippen LogP) is 4.39. The lowest BCUT2D eigenvalue weighted by atomic mass is 10.2. The van der Waals surface area contributed by atoms with E-state index >= 15 is 0 Å². The van der Waals surface area contributed by atoms with Crippen LogP contribution in [0.3, 0.4) is 0 Å². The van der Waals surface area contributed by atoms with E-state index in [1.807, 2.05) is 11.3 Å². The van der Waals surface area contributed by atoms with Crippen molar-refractivity contribution in [3.63, 3.8) is 0 Å². The van der Waals surface area contributed by atoms with Gasteiger partial charge in [0.05, 0.1) is 5.02 Å². The highest BCUT2D eigenvalue weighted by atomic mass is 35.5. The van der Waals surface area contributed by atoms with Crippen molar-refractivity contribution in [2.75, 3.05) is 0 Å². The lowest BCUT2D eigenvalue weighted by Gasteiger charge is -2.04. The number of halogens is 2. The molecule has 0 aliphatic carbocycles. The molecule has 1 heterocycles. The first-order chi connectivity index (χ1) is 8.69. The summed E-state index contributed by atoms with van der Waals surface area (Å²) in [5.74, 6) is -0.369. The van der Waals surface area contributed by atoms with Crippen molar-refractivity contribution in [3.8, 4) is 0 Å². The Morgan fingerprint density at radius 3 is 2.61 bits per heavy atom. The van der Waals surface area contributed by atoms with Gasteiger partial charge in [0.2, 0.25) is 0 Å². The molecule has 4 heteroatoms.